The van der Waals surface area contributed by atoms with E-state index < -0.39 is 17.1 Å². The van der Waals surface area contributed by atoms with Gasteiger partial charge in [-0.05, 0) is 57.1 Å². The number of rotatable bonds is 2. The molecule has 1 spiro atoms. The number of amides is 1. The van der Waals surface area contributed by atoms with E-state index in [0.717, 1.165) is 30.5 Å². The third-order valence-corrected chi connectivity index (χ3v) is 7.78. The molecule has 2 N–H and O–H groups in total. The summed E-state index contributed by atoms with van der Waals surface area (Å²) < 4.78 is 16.0. The van der Waals surface area contributed by atoms with Crippen molar-refractivity contribution in [3.05, 3.63) is 29.6 Å². The van der Waals surface area contributed by atoms with Crippen LogP contribution in [0.1, 0.15) is 71.7 Å². The molecule has 7 heteroatoms. The van der Waals surface area contributed by atoms with Crippen LogP contribution >= 0.6 is 0 Å². The van der Waals surface area contributed by atoms with E-state index in [-0.39, 0.29) is 27.7 Å². The molecule has 0 saturated carbocycles. The molecule has 28 heavy (non-hydrogen) atoms. The molecule has 2 unspecified atom stereocenters. The van der Waals surface area contributed by atoms with Gasteiger partial charge in [0.1, 0.15) is 0 Å². The predicted octanol–water partition coefficient (Wildman–Crippen LogP) is 3.91. The third-order valence-electron chi connectivity index (χ3n) is 6.22. The molecule has 2 aliphatic rings. The van der Waals surface area contributed by atoms with E-state index in [9.17, 15) is 14.1 Å². The molecule has 1 aliphatic heterocycles. The summed E-state index contributed by atoms with van der Waals surface area (Å²) in [7, 11) is -1.22. The second-order valence-corrected chi connectivity index (χ2v) is 12.3. The topological polar surface area (TPSA) is 82.5 Å². The van der Waals surface area contributed by atoms with E-state index in [1.54, 1.807) is 4.90 Å². The summed E-state index contributed by atoms with van der Waals surface area (Å²) in [4.78, 5) is 18.1. The molecule has 1 amide bonds. The fourth-order valence-electron chi connectivity index (χ4n) is 4.62. The van der Waals surface area contributed by atoms with Crippen molar-refractivity contribution in [1.82, 2.24) is 14.6 Å². The molecule has 1 aromatic heterocycles. The second kappa shape index (κ2) is 7.10. The van der Waals surface area contributed by atoms with Crippen LogP contribution in [-0.2, 0) is 17.4 Å². The van der Waals surface area contributed by atoms with E-state index >= 15 is 0 Å². The lowest BCUT2D eigenvalue weighted by Crippen LogP contribution is -2.57. The summed E-state index contributed by atoms with van der Waals surface area (Å²) in [5.41, 5.74) is 1.79. The van der Waals surface area contributed by atoms with Crippen LogP contribution in [0.15, 0.2) is 18.3 Å². The lowest BCUT2D eigenvalue weighted by Gasteiger charge is -2.51. The van der Waals surface area contributed by atoms with Crippen LogP contribution in [0.25, 0.3) is 0 Å². The Labute approximate surface area is 170 Å². The number of nitrogens with zero attached hydrogens (tertiary/aromatic N) is 2. The van der Waals surface area contributed by atoms with Crippen LogP contribution in [-0.4, -0.2) is 42.6 Å². The number of aromatic nitrogens is 1. The van der Waals surface area contributed by atoms with Crippen molar-refractivity contribution in [3.8, 4) is 0 Å². The van der Waals surface area contributed by atoms with Gasteiger partial charge in [-0.2, -0.15) is 0 Å². The molecular formula is C21H33N3O3S. The van der Waals surface area contributed by atoms with Crippen LogP contribution < -0.4 is 4.72 Å². The number of pyridine rings is 1. The van der Waals surface area contributed by atoms with E-state index in [1.165, 1.54) is 0 Å². The number of carboxylic acid groups (broad SMARTS) is 1. The number of likely N-dealkylation sites (tertiary alicyclic amines) is 1. The number of piperidine rings is 1. The minimum absolute atomic E-state index is 0.0861. The molecule has 156 valence electrons. The Balaban J connectivity index is 2.00. The Bertz CT molecular complexity index is 784. The first kappa shape index (κ1) is 21.2. The Kier molecular flexibility index (Phi) is 5.38. The standard InChI is InChI=1S/C21H33N3O3S/c1-19(2,3)16-13-21(9-11-24(16)18(25)26)12-15-14(8-7-10-22-15)17(21)23-28(27)20(4,5)6/h7-8,10,16-17,23H,9,11-13H2,1-6H3,(H,25,26)/t16-,17?,21?,28+/m0/s1. The van der Waals surface area contributed by atoms with Gasteiger partial charge >= 0.3 is 6.09 Å². The predicted molar refractivity (Wildman–Crippen MR) is 111 cm³/mol. The quantitative estimate of drug-likeness (QED) is 0.779. The lowest BCUT2D eigenvalue weighted by molar-refractivity contribution is -0.00512. The molecule has 1 aliphatic carbocycles. The molecule has 1 saturated heterocycles. The molecular weight excluding hydrogens is 374 g/mol. The highest BCUT2D eigenvalue weighted by atomic mass is 32.2. The molecule has 3 rings (SSSR count). The monoisotopic (exact) mass is 407 g/mol. The summed E-state index contributed by atoms with van der Waals surface area (Å²) in [5.74, 6) is 0. The Morgan fingerprint density at radius 2 is 2.00 bits per heavy atom. The Hall–Kier alpha value is -1.47. The summed E-state index contributed by atoms with van der Waals surface area (Å²) >= 11 is 0. The summed E-state index contributed by atoms with van der Waals surface area (Å²) in [5, 5.41) is 9.74. The Morgan fingerprint density at radius 3 is 2.57 bits per heavy atom. The Morgan fingerprint density at radius 1 is 1.32 bits per heavy atom. The fraction of sp³-hybridized carbons (Fsp3) is 0.714. The van der Waals surface area contributed by atoms with E-state index in [1.807, 2.05) is 33.0 Å². The lowest BCUT2D eigenvalue weighted by atomic mass is 9.66. The van der Waals surface area contributed by atoms with E-state index in [0.29, 0.717) is 6.54 Å². The van der Waals surface area contributed by atoms with Gasteiger partial charge in [-0.1, -0.05) is 26.8 Å². The maximum absolute atomic E-state index is 13.0. The number of fused-ring (bicyclic) bond motifs is 1. The normalized spacial score (nSPS) is 29.0. The minimum atomic E-state index is -1.22. The third kappa shape index (κ3) is 3.83. The zero-order chi connectivity index (χ0) is 20.9. The number of nitrogens with one attached hydrogen (secondary N) is 1. The minimum Gasteiger partial charge on any atom is -0.465 e. The van der Waals surface area contributed by atoms with Crippen LogP contribution in [0.5, 0.6) is 0 Å². The summed E-state index contributed by atoms with van der Waals surface area (Å²) in [6.45, 7) is 12.7. The number of hydrogen-bond donors (Lipinski definition) is 2. The van der Waals surface area contributed by atoms with Crippen LogP contribution in [0.2, 0.25) is 0 Å². The van der Waals surface area contributed by atoms with Crippen molar-refractivity contribution < 1.29 is 14.1 Å². The van der Waals surface area contributed by atoms with E-state index in [2.05, 4.69) is 36.5 Å². The van der Waals surface area contributed by atoms with Gasteiger partial charge in [-0.25, -0.2) is 13.7 Å². The van der Waals surface area contributed by atoms with Crippen molar-refractivity contribution in [1.29, 1.82) is 0 Å². The molecule has 0 aromatic carbocycles. The second-order valence-electron chi connectivity index (χ2n) is 10.3. The van der Waals surface area contributed by atoms with Gasteiger partial charge in [0.2, 0.25) is 0 Å². The van der Waals surface area contributed by atoms with Gasteiger partial charge in [0.05, 0.1) is 21.8 Å². The number of carbonyl (C=O) groups is 1. The van der Waals surface area contributed by atoms with Gasteiger partial charge in [-0.15, -0.1) is 0 Å². The van der Waals surface area contributed by atoms with Crippen molar-refractivity contribution in [2.45, 2.75) is 77.6 Å². The molecule has 0 radical (unpaired) electrons. The van der Waals surface area contributed by atoms with Gasteiger partial charge in [0.15, 0.2) is 0 Å². The highest BCUT2D eigenvalue weighted by molar-refractivity contribution is 7.84. The first-order valence-corrected chi connectivity index (χ1v) is 11.1. The van der Waals surface area contributed by atoms with Crippen LogP contribution in [0, 0.1) is 10.8 Å². The SMILES string of the molecule is CC(C)(C)[C@@H]1CC2(CCN1C(=O)O)Cc1ncccc1C2N[S@](=O)C(C)(C)C. The van der Waals surface area contributed by atoms with Crippen LogP contribution in [0.4, 0.5) is 4.79 Å². The first-order valence-electron chi connectivity index (χ1n) is 9.96. The van der Waals surface area contributed by atoms with Gasteiger partial charge in [-0.3, -0.25) is 4.98 Å². The van der Waals surface area contributed by atoms with Crippen molar-refractivity contribution in [2.24, 2.45) is 10.8 Å². The van der Waals surface area contributed by atoms with E-state index in [4.69, 9.17) is 0 Å². The fourth-order valence-corrected chi connectivity index (χ4v) is 5.56. The number of hydrogen-bond acceptors (Lipinski definition) is 3. The largest absolute Gasteiger partial charge is 0.465 e. The van der Waals surface area contributed by atoms with Crippen molar-refractivity contribution in [3.63, 3.8) is 0 Å². The zero-order valence-corrected chi connectivity index (χ0v) is 18.6. The van der Waals surface area contributed by atoms with Crippen molar-refractivity contribution >= 4 is 17.1 Å². The van der Waals surface area contributed by atoms with Gasteiger partial charge in [0, 0.05) is 29.9 Å². The maximum atomic E-state index is 13.0. The van der Waals surface area contributed by atoms with Gasteiger partial charge in [0.25, 0.3) is 0 Å². The first-order chi connectivity index (χ1) is 12.8. The van der Waals surface area contributed by atoms with Crippen molar-refractivity contribution in [2.75, 3.05) is 6.54 Å². The molecule has 4 atom stereocenters. The smallest absolute Gasteiger partial charge is 0.407 e. The maximum Gasteiger partial charge on any atom is 0.407 e. The molecule has 2 heterocycles. The molecule has 1 aromatic rings. The van der Waals surface area contributed by atoms with Crippen LogP contribution in [0.3, 0.4) is 0 Å². The molecule has 1 fully saturated rings. The highest BCUT2D eigenvalue weighted by Gasteiger charge is 2.54. The average Bonchev–Trinajstić information content (AvgIpc) is 2.86. The summed E-state index contributed by atoms with van der Waals surface area (Å²) in [6, 6.07) is 3.82. The zero-order valence-electron chi connectivity index (χ0n) is 17.8. The summed E-state index contributed by atoms with van der Waals surface area (Å²) in [6.07, 6.45) is 3.22. The van der Waals surface area contributed by atoms with Gasteiger partial charge < -0.3 is 10.0 Å². The average molecular weight is 408 g/mol. The molecule has 6 nitrogen and oxygen atoms in total. The highest BCUT2D eigenvalue weighted by Crippen LogP contribution is 2.55. The molecule has 0 bridgehead atoms.